The summed E-state index contributed by atoms with van der Waals surface area (Å²) in [4.78, 5) is 105. The van der Waals surface area contributed by atoms with Gasteiger partial charge in [0.25, 0.3) is 10.1 Å². The first-order valence-corrected chi connectivity index (χ1v) is 38.3. The molecule has 2 aromatic rings. The summed E-state index contributed by atoms with van der Waals surface area (Å²) in [5, 5.41) is 36.9. The van der Waals surface area contributed by atoms with Crippen molar-refractivity contribution in [2.24, 2.45) is 40.1 Å². The maximum Gasteiger partial charge on any atom is 0.312 e. The van der Waals surface area contributed by atoms with Gasteiger partial charge < -0.3 is 86.4 Å². The minimum atomic E-state index is -4.14. The van der Waals surface area contributed by atoms with Crippen LogP contribution in [0.2, 0.25) is 0 Å². The van der Waals surface area contributed by atoms with Crippen molar-refractivity contribution in [3.05, 3.63) is 59.5 Å². The fraction of sp³-hybridized carbons (Fsp3) is 0.718. The van der Waals surface area contributed by atoms with Gasteiger partial charge in [0, 0.05) is 48.5 Å². The fourth-order valence-corrected chi connectivity index (χ4v) is 15.9. The Morgan fingerprint density at radius 1 is 0.819 bits per heavy atom. The molecule has 1 aromatic heterocycles. The second kappa shape index (κ2) is 38.7. The third-order valence-electron chi connectivity index (χ3n) is 21.0. The summed E-state index contributed by atoms with van der Waals surface area (Å²) < 4.78 is 114. The SMILES string of the molecule is CCCC1O[C@@H]2C[C@H]3[C@@H]4C[C@H](F)C5=CC(=O)C=C[C@]5(C)[C@@]4(F)[C@@H](O)C[C@]3(C)[C@]2(C(=O)COc2ccc(NC(=O)[C@H](CCCNC(N)=O)NC(=O)C(NC(=O)[C@H](N)CCCCNC(=O)COC3CCCCCc4c3nnn4CCOCCOCCOCCOCCC(=O)NCCS(=O)(=O)O)C(C)C)cc2)O1. The number of aliphatic hydroxyl groups is 1. The number of primary amides is 1. The highest BCUT2D eigenvalue weighted by molar-refractivity contribution is 7.85. The van der Waals surface area contributed by atoms with Gasteiger partial charge in [-0.1, -0.05) is 58.2 Å². The lowest BCUT2D eigenvalue weighted by Gasteiger charge is -2.63. The molecule has 0 bridgehead atoms. The minimum Gasteiger partial charge on any atom is -0.486 e. The lowest BCUT2D eigenvalue weighted by atomic mass is 9.44. The quantitative estimate of drug-likeness (QED) is 0.0336. The highest BCUT2D eigenvalue weighted by Gasteiger charge is 2.80. The predicted molar refractivity (Wildman–Crippen MR) is 376 cm³/mol. The first-order valence-electron chi connectivity index (χ1n) is 36.6. The van der Waals surface area contributed by atoms with Crippen molar-refractivity contribution < 1.29 is 103 Å². The number of aliphatic hydroxyl groups excluding tert-OH is 1. The number of unbranched alkanes of at least 4 members (excludes halogenated alkanes) is 1. The van der Waals surface area contributed by atoms with Crippen molar-refractivity contribution in [2.45, 2.75) is 204 Å². The molecule has 1 saturated heterocycles. The van der Waals surface area contributed by atoms with Crippen molar-refractivity contribution in [2.75, 3.05) is 96.8 Å². The number of nitrogens with one attached hydrogen (secondary N) is 6. The second-order valence-electron chi connectivity index (χ2n) is 28.6. The zero-order valence-corrected chi connectivity index (χ0v) is 61.5. The highest BCUT2D eigenvalue weighted by Crippen LogP contribution is 2.72. The molecule has 3 unspecified atom stereocenters. The van der Waals surface area contributed by atoms with E-state index in [1.165, 1.54) is 43.3 Å². The normalized spacial score (nSPS) is 26.9. The van der Waals surface area contributed by atoms with E-state index in [-0.39, 0.29) is 107 Å². The topological polar surface area (TPSA) is 440 Å². The Bertz CT molecular complexity index is 3480. The zero-order chi connectivity index (χ0) is 76.1. The van der Waals surface area contributed by atoms with Crippen LogP contribution in [0.25, 0.3) is 0 Å². The summed E-state index contributed by atoms with van der Waals surface area (Å²) in [5.41, 5.74) is 6.61. The molecule has 7 amide bonds. The monoisotopic (exact) mass is 1500 g/mol. The van der Waals surface area contributed by atoms with E-state index in [0.717, 1.165) is 37.5 Å². The fourth-order valence-electron chi connectivity index (χ4n) is 15.5. The molecule has 8 rings (SSSR count). The van der Waals surface area contributed by atoms with Gasteiger partial charge in [0.2, 0.25) is 35.3 Å². The minimum absolute atomic E-state index is 0.00862. The van der Waals surface area contributed by atoms with Crippen molar-refractivity contribution in [1.82, 2.24) is 41.6 Å². The first-order chi connectivity index (χ1) is 50.0. The van der Waals surface area contributed by atoms with E-state index in [0.29, 0.717) is 84.0 Å². The molecule has 0 spiro atoms. The van der Waals surface area contributed by atoms with E-state index in [9.17, 15) is 51.9 Å². The van der Waals surface area contributed by atoms with Gasteiger partial charge in [-0.3, -0.25) is 38.1 Å². The molecule has 1 aliphatic heterocycles. The van der Waals surface area contributed by atoms with Crippen LogP contribution in [0.3, 0.4) is 0 Å². The molecule has 5 aliphatic carbocycles. The predicted octanol–water partition coefficient (Wildman–Crippen LogP) is 3.40. The summed E-state index contributed by atoms with van der Waals surface area (Å²) in [6.07, 6.45) is 4.69. The number of halogens is 2. The number of alkyl halides is 2. The highest BCUT2D eigenvalue weighted by atomic mass is 32.2. The van der Waals surface area contributed by atoms with Gasteiger partial charge in [-0.2, -0.15) is 8.42 Å². The number of urea groups is 1. The summed E-state index contributed by atoms with van der Waals surface area (Å²) in [6.45, 7) is 11.0. The lowest BCUT2D eigenvalue weighted by Crippen LogP contribution is -2.71. The number of amides is 7. The molecule has 6 aliphatic rings. The maximum absolute atomic E-state index is 18.0. The third kappa shape index (κ3) is 21.5. The average Bonchev–Trinajstić information content (AvgIpc) is 1.59. The maximum atomic E-state index is 18.0. The Morgan fingerprint density at radius 3 is 2.19 bits per heavy atom. The number of ketones is 2. The van der Waals surface area contributed by atoms with Crippen molar-refractivity contribution in [3.8, 4) is 5.75 Å². The number of aromatic nitrogens is 3. The van der Waals surface area contributed by atoms with E-state index in [2.05, 4.69) is 42.2 Å². The van der Waals surface area contributed by atoms with E-state index < -0.39 is 152 Å². The number of rotatable bonds is 43. The number of ether oxygens (including phenoxy) is 8. The Morgan fingerprint density at radius 2 is 1.50 bits per heavy atom. The van der Waals surface area contributed by atoms with E-state index in [4.69, 9.17) is 53.9 Å². The molecule has 586 valence electrons. The Kier molecular flexibility index (Phi) is 30.8. The number of fused-ring (bicyclic) bond motifs is 8. The first kappa shape index (κ1) is 83.6. The largest absolute Gasteiger partial charge is 0.486 e. The van der Waals surface area contributed by atoms with Crippen LogP contribution >= 0.6 is 0 Å². The summed E-state index contributed by atoms with van der Waals surface area (Å²) in [7, 11) is -4.14. The molecule has 3 saturated carbocycles. The summed E-state index contributed by atoms with van der Waals surface area (Å²) >= 11 is 0. The molecule has 0 radical (unpaired) electrons. The number of benzene rings is 1. The number of hydrogen-bond donors (Lipinski definition) is 10. The van der Waals surface area contributed by atoms with Crippen LogP contribution in [0.15, 0.2) is 48.1 Å². The van der Waals surface area contributed by atoms with Crippen LogP contribution in [0, 0.1) is 28.6 Å². The van der Waals surface area contributed by atoms with Gasteiger partial charge in [-0.15, -0.1) is 5.10 Å². The summed E-state index contributed by atoms with van der Waals surface area (Å²) in [5.74, 6) is -6.12. The van der Waals surface area contributed by atoms with E-state index in [1.807, 2.05) is 11.6 Å². The summed E-state index contributed by atoms with van der Waals surface area (Å²) in [6, 6.07) is 1.99. The number of carbonyl (C=O) groups excluding carboxylic acids is 8. The van der Waals surface area contributed by atoms with Gasteiger partial charge in [-0.05, 0) is 138 Å². The standard InChI is InChI=1S/C71H107F2N11O20S/c1-6-13-61-103-58-40-48-49-39-51(72)50-38-46(85)22-24-68(50,4)70(49,73)56(86)41-69(48,5)71(58,104-61)57(87)42-101-47-20-18-45(19-21-47)79-65(91)53(15-12-26-78-67(75)93)80-66(92)62(44(2)3)81-64(90)52(74)14-10-11-25-76-60(89)43-102-55-17-9-7-8-16-54-63(55)82-83-84(54)28-30-98-32-34-100-36-35-99-33-31-97-29-23-59(88)77-27-37-105(94,95)96/h18-22,24,38,44,48-49,51-53,55-56,58,61-62,86H,6-17,23,25-37,39-43,74H2,1-5H3,(H,76,89)(H,77,88)(H,79,91)(H,80,92)(H,81,90)(H3,75,78,93)(H,94,95,96)/t48-,49-,51-,52+,53-,55?,56-,58+,61?,62?,68-,69-,70-,71+/m0/s1. The molecular weight excluding hydrogens is 1400 g/mol. The molecule has 12 N–H and O–H groups in total. The van der Waals surface area contributed by atoms with Crippen molar-refractivity contribution in [3.63, 3.8) is 0 Å². The van der Waals surface area contributed by atoms with Gasteiger partial charge in [-0.25, -0.2) is 18.3 Å². The van der Waals surface area contributed by atoms with Gasteiger partial charge in [0.1, 0.15) is 49.0 Å². The Labute approximate surface area is 611 Å². The number of nitrogens with zero attached hydrogens (tertiary/aromatic N) is 3. The van der Waals surface area contributed by atoms with Gasteiger partial charge >= 0.3 is 6.03 Å². The number of Topliss-reactive ketones (excluding diaryl/α,β-unsaturated/α-hetero) is 1. The zero-order valence-electron chi connectivity index (χ0n) is 60.7. The van der Waals surface area contributed by atoms with Crippen LogP contribution in [0.1, 0.15) is 148 Å². The van der Waals surface area contributed by atoms with Gasteiger partial charge in [0.15, 0.2) is 23.3 Å². The van der Waals surface area contributed by atoms with Crippen molar-refractivity contribution >= 4 is 62.9 Å². The molecule has 34 heteroatoms. The number of allylic oxidation sites excluding steroid dienone is 4. The van der Waals surface area contributed by atoms with E-state index >= 15 is 8.78 Å². The smallest absolute Gasteiger partial charge is 0.312 e. The molecule has 1 aromatic carbocycles. The van der Waals surface area contributed by atoms with E-state index in [1.54, 1.807) is 20.8 Å². The van der Waals surface area contributed by atoms with Gasteiger partial charge in [0.05, 0.1) is 89.1 Å². The lowest BCUT2D eigenvalue weighted by molar-refractivity contribution is -0.234. The van der Waals surface area contributed by atoms with Crippen LogP contribution in [0.4, 0.5) is 19.3 Å². The number of carbonyl (C=O) groups is 8. The molecule has 105 heavy (non-hydrogen) atoms. The Balaban J connectivity index is 0.741. The van der Waals surface area contributed by atoms with Crippen LogP contribution in [0.5, 0.6) is 5.75 Å². The van der Waals surface area contributed by atoms with Crippen LogP contribution < -0.4 is 48.1 Å². The average molecular weight is 1500 g/mol. The Hall–Kier alpha value is -6.99. The molecule has 4 fully saturated rings. The van der Waals surface area contributed by atoms with Crippen LogP contribution in [-0.4, -0.2) is 226 Å². The third-order valence-corrected chi connectivity index (χ3v) is 21.7. The molecule has 31 nitrogen and oxygen atoms in total. The molecule has 2 heterocycles. The number of nitrogens with two attached hydrogens (primary N) is 2. The number of anilines is 1. The second-order valence-corrected chi connectivity index (χ2v) is 30.1. The number of hydrogen-bond acceptors (Lipinski definition) is 22. The molecular formula is C71H107F2N11O20S. The van der Waals surface area contributed by atoms with Crippen LogP contribution in [-0.2, 0) is 89.8 Å². The van der Waals surface area contributed by atoms with Crippen molar-refractivity contribution in [1.29, 1.82) is 0 Å². The molecule has 14 atom stereocenters.